The minimum absolute atomic E-state index is 0.470. The third-order valence-corrected chi connectivity index (χ3v) is 5.64. The molecule has 0 aromatic rings. The molecule has 2 aliphatic rings. The van der Waals surface area contributed by atoms with Crippen LogP contribution in [0.25, 0.3) is 0 Å². The summed E-state index contributed by atoms with van der Waals surface area (Å²) in [6.07, 6.45) is 2.77. The van der Waals surface area contributed by atoms with Crippen LogP contribution in [0.1, 0.15) is 47.5 Å². The standard InChI is InChI=1S/C17H35N3/c1-6-18-16-15(8-9-17(16,4)5)13-19-10-11-20(7-2)14(3)12-19/h14-16,18H,6-13H2,1-5H3. The van der Waals surface area contributed by atoms with Gasteiger partial charge in [0.05, 0.1) is 0 Å². The molecule has 1 heterocycles. The van der Waals surface area contributed by atoms with Gasteiger partial charge in [-0.15, -0.1) is 0 Å². The molecule has 0 bridgehead atoms. The summed E-state index contributed by atoms with van der Waals surface area (Å²) in [6, 6.07) is 1.42. The fourth-order valence-corrected chi connectivity index (χ4v) is 4.42. The van der Waals surface area contributed by atoms with Crippen LogP contribution >= 0.6 is 0 Å². The minimum Gasteiger partial charge on any atom is -0.313 e. The first kappa shape index (κ1) is 16.3. The van der Waals surface area contributed by atoms with Gasteiger partial charge in [0, 0.05) is 38.3 Å². The van der Waals surface area contributed by atoms with Gasteiger partial charge in [-0.3, -0.25) is 4.90 Å². The highest BCUT2D eigenvalue weighted by molar-refractivity contribution is 4.97. The van der Waals surface area contributed by atoms with Crippen molar-refractivity contribution in [2.75, 3.05) is 39.3 Å². The van der Waals surface area contributed by atoms with Crippen molar-refractivity contribution in [3.8, 4) is 0 Å². The molecule has 0 aromatic carbocycles. The number of nitrogens with zero attached hydrogens (tertiary/aromatic N) is 2. The van der Waals surface area contributed by atoms with Crippen molar-refractivity contribution in [3.63, 3.8) is 0 Å². The Morgan fingerprint density at radius 3 is 2.55 bits per heavy atom. The molecule has 2 fully saturated rings. The van der Waals surface area contributed by atoms with E-state index in [0.29, 0.717) is 11.5 Å². The summed E-state index contributed by atoms with van der Waals surface area (Å²) in [6.45, 7) is 19.2. The predicted molar refractivity (Wildman–Crippen MR) is 87.1 cm³/mol. The van der Waals surface area contributed by atoms with Gasteiger partial charge in [-0.05, 0) is 44.2 Å². The van der Waals surface area contributed by atoms with Crippen molar-refractivity contribution >= 4 is 0 Å². The Morgan fingerprint density at radius 2 is 1.95 bits per heavy atom. The van der Waals surface area contributed by atoms with E-state index in [1.165, 1.54) is 45.6 Å². The molecule has 1 N–H and O–H groups in total. The fraction of sp³-hybridized carbons (Fsp3) is 1.00. The van der Waals surface area contributed by atoms with Gasteiger partial charge in [-0.2, -0.15) is 0 Å². The molecule has 3 unspecified atom stereocenters. The molecule has 0 radical (unpaired) electrons. The molecule has 20 heavy (non-hydrogen) atoms. The first-order chi connectivity index (χ1) is 9.47. The first-order valence-corrected chi connectivity index (χ1v) is 8.67. The van der Waals surface area contributed by atoms with Crippen LogP contribution in [0.15, 0.2) is 0 Å². The van der Waals surface area contributed by atoms with Gasteiger partial charge in [0.15, 0.2) is 0 Å². The molecule has 118 valence electrons. The van der Waals surface area contributed by atoms with E-state index in [2.05, 4.69) is 49.7 Å². The molecular weight excluding hydrogens is 246 g/mol. The Hall–Kier alpha value is -0.120. The normalized spacial score (nSPS) is 35.5. The molecule has 3 nitrogen and oxygen atoms in total. The van der Waals surface area contributed by atoms with Crippen molar-refractivity contribution in [3.05, 3.63) is 0 Å². The highest BCUT2D eigenvalue weighted by atomic mass is 15.3. The number of hydrogen-bond donors (Lipinski definition) is 1. The van der Waals surface area contributed by atoms with E-state index in [1.807, 2.05) is 0 Å². The van der Waals surface area contributed by atoms with Crippen LogP contribution in [0, 0.1) is 11.3 Å². The van der Waals surface area contributed by atoms with Crippen LogP contribution in [0.5, 0.6) is 0 Å². The largest absolute Gasteiger partial charge is 0.313 e. The first-order valence-electron chi connectivity index (χ1n) is 8.67. The Balaban J connectivity index is 1.90. The summed E-state index contributed by atoms with van der Waals surface area (Å²) in [7, 11) is 0. The maximum atomic E-state index is 3.77. The van der Waals surface area contributed by atoms with Crippen LogP contribution in [-0.4, -0.2) is 61.2 Å². The summed E-state index contributed by atoms with van der Waals surface area (Å²) in [5, 5.41) is 3.77. The van der Waals surface area contributed by atoms with Crippen LogP contribution in [0.3, 0.4) is 0 Å². The minimum atomic E-state index is 0.470. The lowest BCUT2D eigenvalue weighted by Gasteiger charge is -2.41. The maximum Gasteiger partial charge on any atom is 0.0195 e. The second-order valence-corrected chi connectivity index (χ2v) is 7.56. The zero-order valence-corrected chi connectivity index (χ0v) is 14.3. The molecule has 0 aromatic heterocycles. The molecule has 3 heteroatoms. The molecule has 0 amide bonds. The SMILES string of the molecule is CCNC1C(CN2CCN(CC)C(C)C2)CCC1(C)C. The zero-order chi connectivity index (χ0) is 14.8. The summed E-state index contributed by atoms with van der Waals surface area (Å²) < 4.78 is 0. The maximum absolute atomic E-state index is 3.77. The van der Waals surface area contributed by atoms with E-state index in [9.17, 15) is 0 Å². The lowest BCUT2D eigenvalue weighted by Crippen LogP contribution is -2.54. The number of rotatable bonds is 5. The van der Waals surface area contributed by atoms with E-state index in [0.717, 1.165) is 18.5 Å². The Kier molecular flexibility index (Phi) is 5.49. The third-order valence-electron chi connectivity index (χ3n) is 5.64. The van der Waals surface area contributed by atoms with Gasteiger partial charge >= 0.3 is 0 Å². The third kappa shape index (κ3) is 3.55. The topological polar surface area (TPSA) is 18.5 Å². The van der Waals surface area contributed by atoms with Gasteiger partial charge in [0.1, 0.15) is 0 Å². The second kappa shape index (κ2) is 6.76. The van der Waals surface area contributed by atoms with Crippen molar-refractivity contribution in [2.45, 2.75) is 59.5 Å². The fourth-order valence-electron chi connectivity index (χ4n) is 4.42. The Labute approximate surface area is 126 Å². The summed E-state index contributed by atoms with van der Waals surface area (Å²) in [5.74, 6) is 0.838. The number of nitrogens with one attached hydrogen (secondary N) is 1. The van der Waals surface area contributed by atoms with Gasteiger partial charge in [0.2, 0.25) is 0 Å². The highest BCUT2D eigenvalue weighted by Crippen LogP contribution is 2.41. The molecule has 1 aliphatic carbocycles. The molecule has 0 spiro atoms. The Morgan fingerprint density at radius 1 is 1.20 bits per heavy atom. The second-order valence-electron chi connectivity index (χ2n) is 7.56. The molecule has 1 saturated carbocycles. The zero-order valence-electron chi connectivity index (χ0n) is 14.3. The molecule has 1 aliphatic heterocycles. The average molecular weight is 281 g/mol. The average Bonchev–Trinajstić information content (AvgIpc) is 2.67. The lowest BCUT2D eigenvalue weighted by molar-refractivity contribution is 0.0713. The van der Waals surface area contributed by atoms with Crippen molar-refractivity contribution in [2.24, 2.45) is 11.3 Å². The summed E-state index contributed by atoms with van der Waals surface area (Å²) >= 11 is 0. The lowest BCUT2D eigenvalue weighted by atomic mass is 9.84. The smallest absolute Gasteiger partial charge is 0.0195 e. The van der Waals surface area contributed by atoms with Crippen molar-refractivity contribution in [1.29, 1.82) is 0 Å². The van der Waals surface area contributed by atoms with Crippen LogP contribution in [-0.2, 0) is 0 Å². The quantitative estimate of drug-likeness (QED) is 0.835. The number of piperazine rings is 1. The van der Waals surface area contributed by atoms with Crippen molar-refractivity contribution in [1.82, 2.24) is 15.1 Å². The molecule has 2 rings (SSSR count). The van der Waals surface area contributed by atoms with Crippen molar-refractivity contribution < 1.29 is 0 Å². The molecule has 3 atom stereocenters. The van der Waals surface area contributed by atoms with Crippen LogP contribution in [0.2, 0.25) is 0 Å². The summed E-state index contributed by atoms with van der Waals surface area (Å²) in [5.41, 5.74) is 0.470. The monoisotopic (exact) mass is 281 g/mol. The highest BCUT2D eigenvalue weighted by Gasteiger charge is 2.42. The van der Waals surface area contributed by atoms with Gasteiger partial charge in [0.25, 0.3) is 0 Å². The number of likely N-dealkylation sites (N-methyl/N-ethyl adjacent to an activating group) is 1. The van der Waals surface area contributed by atoms with E-state index in [1.54, 1.807) is 0 Å². The van der Waals surface area contributed by atoms with Crippen LogP contribution < -0.4 is 5.32 Å². The van der Waals surface area contributed by atoms with E-state index in [-0.39, 0.29) is 0 Å². The summed E-state index contributed by atoms with van der Waals surface area (Å²) in [4.78, 5) is 5.32. The molecule has 1 saturated heterocycles. The van der Waals surface area contributed by atoms with E-state index in [4.69, 9.17) is 0 Å². The van der Waals surface area contributed by atoms with E-state index >= 15 is 0 Å². The predicted octanol–water partition coefficient (Wildman–Crippen LogP) is 2.43. The van der Waals surface area contributed by atoms with E-state index < -0.39 is 0 Å². The Bertz CT molecular complexity index is 303. The molecular formula is C17H35N3. The number of hydrogen-bond acceptors (Lipinski definition) is 3. The van der Waals surface area contributed by atoms with Gasteiger partial charge in [-0.1, -0.05) is 27.7 Å². The van der Waals surface area contributed by atoms with Gasteiger partial charge < -0.3 is 10.2 Å². The van der Waals surface area contributed by atoms with Crippen LogP contribution in [0.4, 0.5) is 0 Å². The van der Waals surface area contributed by atoms with Gasteiger partial charge in [-0.25, -0.2) is 0 Å².